The van der Waals surface area contributed by atoms with Gasteiger partial charge in [0.05, 0.1) is 0 Å². The Morgan fingerprint density at radius 1 is 1.16 bits per heavy atom. The average Bonchev–Trinajstić information content (AvgIpc) is 2.46. The molecule has 0 aliphatic carbocycles. The maximum atomic E-state index is 11.3. The molecule has 1 aliphatic rings. The molecule has 0 unspecified atom stereocenters. The first kappa shape index (κ1) is 13.9. The smallest absolute Gasteiger partial charge is 0.219 e. The summed E-state index contributed by atoms with van der Waals surface area (Å²) in [7, 11) is 2.13. The highest BCUT2D eigenvalue weighted by Gasteiger charge is 2.18. The summed E-state index contributed by atoms with van der Waals surface area (Å²) in [5.41, 5.74) is 1.25. The molecular formula is C15H23N3O. The molecule has 1 aromatic carbocycles. The lowest BCUT2D eigenvalue weighted by Crippen LogP contribution is -2.49. The Hall–Kier alpha value is -1.55. The number of hydrogen-bond donors (Lipinski definition) is 0. The predicted octanol–water partition coefficient (Wildman–Crippen LogP) is 1.29. The third-order valence-electron chi connectivity index (χ3n) is 3.77. The van der Waals surface area contributed by atoms with Gasteiger partial charge in [-0.25, -0.2) is 0 Å². The van der Waals surface area contributed by atoms with Crippen LogP contribution in [-0.4, -0.2) is 62.0 Å². The molecule has 1 fully saturated rings. The van der Waals surface area contributed by atoms with Crippen molar-refractivity contribution >= 4 is 11.6 Å². The monoisotopic (exact) mass is 261 g/mol. The average molecular weight is 261 g/mol. The van der Waals surface area contributed by atoms with Gasteiger partial charge in [0.2, 0.25) is 5.91 Å². The minimum absolute atomic E-state index is 0.195. The SMILES string of the molecule is CC(=O)N1CCN(CCN(C)c2ccccc2)CC1. The van der Waals surface area contributed by atoms with E-state index in [1.807, 2.05) is 11.0 Å². The van der Waals surface area contributed by atoms with E-state index in [2.05, 4.69) is 41.1 Å². The number of likely N-dealkylation sites (N-methyl/N-ethyl adjacent to an activating group) is 1. The summed E-state index contributed by atoms with van der Waals surface area (Å²) in [5.74, 6) is 0.195. The Morgan fingerprint density at radius 2 is 1.79 bits per heavy atom. The van der Waals surface area contributed by atoms with Gasteiger partial charge in [-0.3, -0.25) is 9.69 Å². The Labute approximate surface area is 115 Å². The molecule has 1 amide bonds. The normalized spacial score (nSPS) is 16.4. The first-order valence-corrected chi connectivity index (χ1v) is 6.91. The molecule has 4 nitrogen and oxygen atoms in total. The van der Waals surface area contributed by atoms with Crippen LogP contribution in [0.15, 0.2) is 30.3 Å². The predicted molar refractivity (Wildman–Crippen MR) is 78.4 cm³/mol. The Balaban J connectivity index is 1.73. The highest BCUT2D eigenvalue weighted by atomic mass is 16.2. The van der Waals surface area contributed by atoms with Crippen LogP contribution in [-0.2, 0) is 4.79 Å². The van der Waals surface area contributed by atoms with Crippen LogP contribution in [0.3, 0.4) is 0 Å². The van der Waals surface area contributed by atoms with E-state index < -0.39 is 0 Å². The Morgan fingerprint density at radius 3 is 2.37 bits per heavy atom. The zero-order chi connectivity index (χ0) is 13.7. The summed E-state index contributed by atoms with van der Waals surface area (Å²) in [6.45, 7) is 7.43. The van der Waals surface area contributed by atoms with Crippen LogP contribution in [0.1, 0.15) is 6.92 Å². The molecule has 1 aliphatic heterocycles. The van der Waals surface area contributed by atoms with Crippen molar-refractivity contribution in [1.29, 1.82) is 0 Å². The summed E-state index contributed by atoms with van der Waals surface area (Å²) >= 11 is 0. The molecule has 0 radical (unpaired) electrons. The number of benzene rings is 1. The van der Waals surface area contributed by atoms with Gasteiger partial charge in [-0.1, -0.05) is 18.2 Å². The summed E-state index contributed by atoms with van der Waals surface area (Å²) in [6.07, 6.45) is 0. The molecule has 4 heteroatoms. The van der Waals surface area contributed by atoms with Crippen LogP contribution < -0.4 is 4.90 Å². The van der Waals surface area contributed by atoms with Crippen LogP contribution in [0.25, 0.3) is 0 Å². The van der Waals surface area contributed by atoms with Gasteiger partial charge in [0, 0.05) is 58.9 Å². The van der Waals surface area contributed by atoms with Gasteiger partial charge in [0.25, 0.3) is 0 Å². The van der Waals surface area contributed by atoms with Gasteiger partial charge in [-0.05, 0) is 12.1 Å². The quantitative estimate of drug-likeness (QED) is 0.817. The van der Waals surface area contributed by atoms with Crippen LogP contribution in [0.5, 0.6) is 0 Å². The van der Waals surface area contributed by atoms with Crippen molar-refractivity contribution in [2.24, 2.45) is 0 Å². The third kappa shape index (κ3) is 3.96. The van der Waals surface area contributed by atoms with E-state index in [1.54, 1.807) is 6.92 Å². The van der Waals surface area contributed by atoms with Crippen molar-refractivity contribution in [2.75, 3.05) is 51.2 Å². The summed E-state index contributed by atoms with van der Waals surface area (Å²) in [6, 6.07) is 10.4. The molecule has 0 atom stereocenters. The van der Waals surface area contributed by atoms with Crippen LogP contribution in [0.4, 0.5) is 5.69 Å². The van der Waals surface area contributed by atoms with Crippen molar-refractivity contribution in [3.05, 3.63) is 30.3 Å². The minimum Gasteiger partial charge on any atom is -0.373 e. The van der Waals surface area contributed by atoms with Crippen molar-refractivity contribution < 1.29 is 4.79 Å². The number of para-hydroxylation sites is 1. The fraction of sp³-hybridized carbons (Fsp3) is 0.533. The lowest BCUT2D eigenvalue weighted by molar-refractivity contribution is -0.130. The fourth-order valence-electron chi connectivity index (χ4n) is 2.39. The van der Waals surface area contributed by atoms with Gasteiger partial charge >= 0.3 is 0 Å². The lowest BCUT2D eigenvalue weighted by atomic mass is 10.3. The fourth-order valence-corrected chi connectivity index (χ4v) is 2.39. The number of piperazine rings is 1. The van der Waals surface area contributed by atoms with Crippen LogP contribution >= 0.6 is 0 Å². The van der Waals surface area contributed by atoms with E-state index in [-0.39, 0.29) is 5.91 Å². The largest absolute Gasteiger partial charge is 0.373 e. The zero-order valence-corrected chi connectivity index (χ0v) is 11.9. The minimum atomic E-state index is 0.195. The highest BCUT2D eigenvalue weighted by Crippen LogP contribution is 2.11. The number of nitrogens with zero attached hydrogens (tertiary/aromatic N) is 3. The number of rotatable bonds is 4. The van der Waals surface area contributed by atoms with E-state index >= 15 is 0 Å². The molecule has 19 heavy (non-hydrogen) atoms. The van der Waals surface area contributed by atoms with Gasteiger partial charge in [0.15, 0.2) is 0 Å². The summed E-state index contributed by atoms with van der Waals surface area (Å²) < 4.78 is 0. The van der Waals surface area contributed by atoms with Gasteiger partial charge < -0.3 is 9.80 Å². The number of amides is 1. The van der Waals surface area contributed by atoms with E-state index in [0.717, 1.165) is 39.3 Å². The zero-order valence-electron chi connectivity index (χ0n) is 11.9. The second-order valence-corrected chi connectivity index (χ2v) is 5.10. The molecular weight excluding hydrogens is 238 g/mol. The molecule has 1 heterocycles. The summed E-state index contributed by atoms with van der Waals surface area (Å²) in [4.78, 5) is 17.9. The molecule has 1 aromatic rings. The van der Waals surface area contributed by atoms with Crippen molar-refractivity contribution in [3.63, 3.8) is 0 Å². The number of carbonyl (C=O) groups excluding carboxylic acids is 1. The molecule has 0 aromatic heterocycles. The van der Waals surface area contributed by atoms with Crippen molar-refractivity contribution in [1.82, 2.24) is 9.80 Å². The first-order chi connectivity index (χ1) is 9.16. The van der Waals surface area contributed by atoms with Crippen LogP contribution in [0, 0.1) is 0 Å². The van der Waals surface area contributed by atoms with E-state index in [1.165, 1.54) is 5.69 Å². The topological polar surface area (TPSA) is 26.8 Å². The van der Waals surface area contributed by atoms with Gasteiger partial charge in [-0.2, -0.15) is 0 Å². The van der Waals surface area contributed by atoms with E-state index in [9.17, 15) is 4.79 Å². The molecule has 1 saturated heterocycles. The van der Waals surface area contributed by atoms with E-state index in [4.69, 9.17) is 0 Å². The van der Waals surface area contributed by atoms with Crippen LogP contribution in [0.2, 0.25) is 0 Å². The number of hydrogen-bond acceptors (Lipinski definition) is 3. The maximum Gasteiger partial charge on any atom is 0.219 e. The lowest BCUT2D eigenvalue weighted by Gasteiger charge is -2.35. The van der Waals surface area contributed by atoms with Crippen molar-refractivity contribution in [2.45, 2.75) is 6.92 Å². The first-order valence-electron chi connectivity index (χ1n) is 6.91. The molecule has 0 spiro atoms. The second kappa shape index (κ2) is 6.57. The molecule has 0 N–H and O–H groups in total. The maximum absolute atomic E-state index is 11.3. The molecule has 0 bridgehead atoms. The van der Waals surface area contributed by atoms with E-state index in [0.29, 0.717) is 0 Å². The molecule has 0 saturated carbocycles. The molecule has 2 rings (SSSR count). The van der Waals surface area contributed by atoms with Gasteiger partial charge in [-0.15, -0.1) is 0 Å². The van der Waals surface area contributed by atoms with Gasteiger partial charge in [0.1, 0.15) is 0 Å². The number of anilines is 1. The van der Waals surface area contributed by atoms with Crippen molar-refractivity contribution in [3.8, 4) is 0 Å². The highest BCUT2D eigenvalue weighted by molar-refractivity contribution is 5.73. The standard InChI is InChI=1S/C15H23N3O/c1-14(19)18-12-10-17(11-13-18)9-8-16(2)15-6-4-3-5-7-15/h3-7H,8-13H2,1-2H3. The third-order valence-corrected chi connectivity index (χ3v) is 3.77. The number of carbonyl (C=O) groups is 1. The Kier molecular flexibility index (Phi) is 4.80. The second-order valence-electron chi connectivity index (χ2n) is 5.10. The summed E-state index contributed by atoms with van der Waals surface area (Å²) in [5, 5.41) is 0. The molecule has 104 valence electrons. The Bertz CT molecular complexity index is 399.